The van der Waals surface area contributed by atoms with Gasteiger partial charge in [0.1, 0.15) is 11.7 Å². The summed E-state index contributed by atoms with van der Waals surface area (Å²) in [6.45, 7) is 1.61. The summed E-state index contributed by atoms with van der Waals surface area (Å²) in [5.74, 6) is -1.57. The molecule has 0 bridgehead atoms. The van der Waals surface area contributed by atoms with Gasteiger partial charge >= 0.3 is 5.97 Å². The number of para-hydroxylation sites is 2. The first-order valence-corrected chi connectivity index (χ1v) is 6.45. The molecule has 1 aromatic carbocycles. The van der Waals surface area contributed by atoms with E-state index < -0.39 is 22.8 Å². The van der Waals surface area contributed by atoms with E-state index in [0.717, 1.165) is 0 Å². The van der Waals surface area contributed by atoms with Crippen LogP contribution in [0.3, 0.4) is 0 Å². The second-order valence-corrected chi connectivity index (χ2v) is 4.38. The molecule has 0 radical (unpaired) electrons. The smallest absolute Gasteiger partial charge is 0.320 e. The highest BCUT2D eigenvalue weighted by Gasteiger charge is 2.18. The van der Waals surface area contributed by atoms with Crippen molar-refractivity contribution in [1.29, 1.82) is 0 Å². The molecule has 1 amide bonds. The fourth-order valence-corrected chi connectivity index (χ4v) is 1.75. The van der Waals surface area contributed by atoms with E-state index in [1.165, 1.54) is 18.2 Å². The average molecular weight is 295 g/mol. The number of carboxylic acid groups (broad SMARTS) is 1. The first kappa shape index (κ1) is 16.6. The summed E-state index contributed by atoms with van der Waals surface area (Å²) in [6, 6.07) is 4.93. The van der Waals surface area contributed by atoms with Gasteiger partial charge in [-0.25, -0.2) is 0 Å². The molecule has 21 heavy (non-hydrogen) atoms. The number of nitro benzene ring substituents is 1. The SMILES string of the molecule is CCCC(NCC(=O)Nc1ccccc1[N+](=O)[O-])C(=O)O. The Morgan fingerprint density at radius 3 is 2.62 bits per heavy atom. The summed E-state index contributed by atoms with van der Waals surface area (Å²) >= 11 is 0. The van der Waals surface area contributed by atoms with Gasteiger partial charge in [0.15, 0.2) is 0 Å². The molecule has 1 rings (SSSR count). The number of carboxylic acids is 1. The molecule has 0 aliphatic rings. The molecule has 114 valence electrons. The van der Waals surface area contributed by atoms with Crippen molar-refractivity contribution in [2.24, 2.45) is 0 Å². The Kier molecular flexibility index (Phi) is 6.28. The third-order valence-corrected chi connectivity index (χ3v) is 2.76. The first-order valence-electron chi connectivity index (χ1n) is 6.45. The predicted molar refractivity (Wildman–Crippen MR) is 76.1 cm³/mol. The van der Waals surface area contributed by atoms with Gasteiger partial charge in [-0.05, 0) is 12.5 Å². The number of hydrogen-bond donors (Lipinski definition) is 3. The molecule has 0 heterocycles. The van der Waals surface area contributed by atoms with Gasteiger partial charge < -0.3 is 10.4 Å². The molecule has 1 atom stereocenters. The summed E-state index contributed by atoms with van der Waals surface area (Å²) in [6.07, 6.45) is 1.06. The van der Waals surface area contributed by atoms with Crippen LogP contribution in [0.2, 0.25) is 0 Å². The minimum Gasteiger partial charge on any atom is -0.480 e. The fourth-order valence-electron chi connectivity index (χ4n) is 1.75. The average Bonchev–Trinajstić information content (AvgIpc) is 2.43. The molecule has 1 unspecified atom stereocenters. The maximum Gasteiger partial charge on any atom is 0.320 e. The Bertz CT molecular complexity index is 532. The zero-order valence-electron chi connectivity index (χ0n) is 11.5. The maximum atomic E-state index is 11.7. The molecule has 1 aromatic rings. The third-order valence-electron chi connectivity index (χ3n) is 2.76. The summed E-state index contributed by atoms with van der Waals surface area (Å²) in [4.78, 5) is 32.9. The zero-order valence-corrected chi connectivity index (χ0v) is 11.5. The number of carbonyl (C=O) groups is 2. The number of anilines is 1. The number of amides is 1. The number of benzene rings is 1. The Morgan fingerprint density at radius 1 is 1.38 bits per heavy atom. The molecule has 3 N–H and O–H groups in total. The third kappa shape index (κ3) is 5.19. The van der Waals surface area contributed by atoms with Crippen molar-refractivity contribution >= 4 is 23.3 Å². The molecule has 0 saturated carbocycles. The van der Waals surface area contributed by atoms with Gasteiger partial charge in [0.2, 0.25) is 5.91 Å². The summed E-state index contributed by atoms with van der Waals surface area (Å²) < 4.78 is 0. The van der Waals surface area contributed by atoms with Crippen LogP contribution in [0.25, 0.3) is 0 Å². The van der Waals surface area contributed by atoms with E-state index in [2.05, 4.69) is 10.6 Å². The van der Waals surface area contributed by atoms with E-state index in [1.807, 2.05) is 6.92 Å². The van der Waals surface area contributed by atoms with Crippen molar-refractivity contribution in [2.75, 3.05) is 11.9 Å². The van der Waals surface area contributed by atoms with Crippen molar-refractivity contribution in [1.82, 2.24) is 5.32 Å². The Labute approximate surface area is 121 Å². The molecular formula is C13H17N3O5. The molecule has 0 aromatic heterocycles. The monoisotopic (exact) mass is 295 g/mol. The number of nitro groups is 1. The second-order valence-electron chi connectivity index (χ2n) is 4.38. The highest BCUT2D eigenvalue weighted by molar-refractivity contribution is 5.94. The topological polar surface area (TPSA) is 122 Å². The van der Waals surface area contributed by atoms with Crippen LogP contribution >= 0.6 is 0 Å². The molecule has 0 fully saturated rings. The van der Waals surface area contributed by atoms with E-state index >= 15 is 0 Å². The van der Waals surface area contributed by atoms with Crippen LogP contribution in [0.15, 0.2) is 24.3 Å². The van der Waals surface area contributed by atoms with Gasteiger partial charge in [-0.1, -0.05) is 25.5 Å². The number of nitrogens with one attached hydrogen (secondary N) is 2. The normalized spacial score (nSPS) is 11.7. The predicted octanol–water partition coefficient (Wildman–Crippen LogP) is 1.38. The van der Waals surface area contributed by atoms with E-state index in [4.69, 9.17) is 5.11 Å². The highest BCUT2D eigenvalue weighted by Crippen LogP contribution is 2.22. The van der Waals surface area contributed by atoms with E-state index in [-0.39, 0.29) is 17.9 Å². The number of rotatable bonds is 8. The van der Waals surface area contributed by atoms with Gasteiger partial charge in [0, 0.05) is 6.07 Å². The Hall–Kier alpha value is -2.48. The Balaban J connectivity index is 2.62. The molecule has 8 nitrogen and oxygen atoms in total. The van der Waals surface area contributed by atoms with Gasteiger partial charge in [0.25, 0.3) is 5.69 Å². The second kappa shape index (κ2) is 7.95. The van der Waals surface area contributed by atoms with Crippen LogP contribution in [-0.4, -0.2) is 34.5 Å². The van der Waals surface area contributed by atoms with Crippen LogP contribution in [-0.2, 0) is 9.59 Å². The van der Waals surface area contributed by atoms with Crippen molar-refractivity contribution in [3.8, 4) is 0 Å². The van der Waals surface area contributed by atoms with Crippen LogP contribution < -0.4 is 10.6 Å². The molecule has 8 heteroatoms. The van der Waals surface area contributed by atoms with Crippen molar-refractivity contribution in [3.05, 3.63) is 34.4 Å². The Morgan fingerprint density at radius 2 is 2.05 bits per heavy atom. The van der Waals surface area contributed by atoms with Crippen molar-refractivity contribution in [3.63, 3.8) is 0 Å². The van der Waals surface area contributed by atoms with E-state index in [0.29, 0.717) is 12.8 Å². The first-order chi connectivity index (χ1) is 9.95. The van der Waals surface area contributed by atoms with Gasteiger partial charge in [-0.15, -0.1) is 0 Å². The van der Waals surface area contributed by atoms with Crippen LogP contribution in [0.4, 0.5) is 11.4 Å². The minimum atomic E-state index is -1.03. The lowest BCUT2D eigenvalue weighted by Gasteiger charge is -2.13. The number of nitrogens with zero attached hydrogens (tertiary/aromatic N) is 1. The van der Waals surface area contributed by atoms with Crippen LogP contribution in [0.5, 0.6) is 0 Å². The minimum absolute atomic E-state index is 0.0802. The summed E-state index contributed by atoms with van der Waals surface area (Å²) in [5, 5.41) is 24.7. The number of aliphatic carboxylic acids is 1. The lowest BCUT2D eigenvalue weighted by Crippen LogP contribution is -2.41. The highest BCUT2D eigenvalue weighted by atomic mass is 16.6. The van der Waals surface area contributed by atoms with E-state index in [9.17, 15) is 19.7 Å². The maximum absolute atomic E-state index is 11.7. The van der Waals surface area contributed by atoms with Gasteiger partial charge in [-0.3, -0.25) is 25.0 Å². The molecule has 0 aliphatic carbocycles. The molecule has 0 spiro atoms. The fraction of sp³-hybridized carbons (Fsp3) is 0.385. The molecule has 0 saturated heterocycles. The summed E-state index contributed by atoms with van der Waals surface area (Å²) in [7, 11) is 0. The lowest BCUT2D eigenvalue weighted by atomic mass is 10.1. The quantitative estimate of drug-likeness (QED) is 0.492. The molecule has 0 aliphatic heterocycles. The van der Waals surface area contributed by atoms with Gasteiger partial charge in [0.05, 0.1) is 11.5 Å². The van der Waals surface area contributed by atoms with Crippen LogP contribution in [0, 0.1) is 10.1 Å². The van der Waals surface area contributed by atoms with Gasteiger partial charge in [-0.2, -0.15) is 0 Å². The van der Waals surface area contributed by atoms with Crippen LogP contribution in [0.1, 0.15) is 19.8 Å². The van der Waals surface area contributed by atoms with E-state index in [1.54, 1.807) is 6.07 Å². The molecular weight excluding hydrogens is 278 g/mol. The van der Waals surface area contributed by atoms with Crippen molar-refractivity contribution in [2.45, 2.75) is 25.8 Å². The largest absolute Gasteiger partial charge is 0.480 e. The summed E-state index contributed by atoms with van der Waals surface area (Å²) in [5.41, 5.74) is -0.133. The zero-order chi connectivity index (χ0) is 15.8. The van der Waals surface area contributed by atoms with Crippen molar-refractivity contribution < 1.29 is 19.6 Å². The standard InChI is InChI=1S/C13H17N3O5/c1-2-5-10(13(18)19)14-8-12(17)15-9-6-3-4-7-11(9)16(20)21/h3-4,6-7,10,14H,2,5,8H2,1H3,(H,15,17)(H,18,19). The lowest BCUT2D eigenvalue weighted by molar-refractivity contribution is -0.383. The number of carbonyl (C=O) groups excluding carboxylic acids is 1. The number of hydrogen-bond acceptors (Lipinski definition) is 5.